The van der Waals surface area contributed by atoms with Crippen LogP contribution in [0, 0.1) is 11.8 Å². The number of nitrogens with one attached hydrogen (secondary N) is 1. The average molecular weight is 275 g/mol. The van der Waals surface area contributed by atoms with E-state index in [-0.39, 0.29) is 6.04 Å². The summed E-state index contributed by atoms with van der Waals surface area (Å²) in [7, 11) is -3.10. The van der Waals surface area contributed by atoms with Crippen molar-refractivity contribution in [2.45, 2.75) is 71.8 Å². The van der Waals surface area contributed by atoms with Gasteiger partial charge in [0.2, 0.25) is 10.0 Å². The molecule has 0 bridgehead atoms. The van der Waals surface area contributed by atoms with Crippen LogP contribution in [0.15, 0.2) is 0 Å². The molecule has 1 fully saturated rings. The minimum Gasteiger partial charge on any atom is -0.212 e. The molecule has 0 radical (unpaired) electrons. The van der Waals surface area contributed by atoms with Gasteiger partial charge >= 0.3 is 0 Å². The molecule has 2 atom stereocenters. The maximum atomic E-state index is 12.2. The normalized spacial score (nSPS) is 25.6. The van der Waals surface area contributed by atoms with Crippen LogP contribution in [0.1, 0.15) is 65.7 Å². The first-order valence-electron chi connectivity index (χ1n) is 7.52. The Labute approximate surface area is 113 Å². The Balaban J connectivity index is 2.57. The van der Waals surface area contributed by atoms with E-state index in [2.05, 4.69) is 25.5 Å². The van der Waals surface area contributed by atoms with Gasteiger partial charge in [-0.1, -0.05) is 52.9 Å². The number of hydrogen-bond donors (Lipinski definition) is 1. The number of rotatable bonds is 7. The lowest BCUT2D eigenvalue weighted by Gasteiger charge is -2.31. The smallest absolute Gasteiger partial charge is 0.212 e. The lowest BCUT2D eigenvalue weighted by molar-refractivity contribution is 0.282. The van der Waals surface area contributed by atoms with Gasteiger partial charge in [-0.2, -0.15) is 0 Å². The summed E-state index contributed by atoms with van der Waals surface area (Å²) in [5, 5.41) is 0. The van der Waals surface area contributed by atoms with Gasteiger partial charge in [0, 0.05) is 6.04 Å². The first-order chi connectivity index (χ1) is 8.52. The van der Waals surface area contributed by atoms with Crippen LogP contribution < -0.4 is 4.72 Å². The zero-order valence-electron chi connectivity index (χ0n) is 12.1. The maximum absolute atomic E-state index is 12.2. The second kappa shape index (κ2) is 7.49. The molecule has 0 aromatic rings. The first kappa shape index (κ1) is 16.0. The van der Waals surface area contributed by atoms with Crippen molar-refractivity contribution in [1.82, 2.24) is 4.72 Å². The Bertz CT molecular complexity index is 323. The molecule has 2 unspecified atom stereocenters. The van der Waals surface area contributed by atoms with Gasteiger partial charge in [-0.05, 0) is 24.7 Å². The fourth-order valence-corrected chi connectivity index (χ4v) is 4.92. The van der Waals surface area contributed by atoms with Crippen LogP contribution in [0.25, 0.3) is 0 Å². The van der Waals surface area contributed by atoms with E-state index in [1.165, 1.54) is 12.8 Å². The van der Waals surface area contributed by atoms with E-state index in [0.717, 1.165) is 32.1 Å². The Morgan fingerprint density at radius 2 is 1.72 bits per heavy atom. The molecular weight excluding hydrogens is 246 g/mol. The van der Waals surface area contributed by atoms with Crippen molar-refractivity contribution in [3.8, 4) is 0 Å². The minimum atomic E-state index is -3.10. The minimum absolute atomic E-state index is 0.183. The number of hydrogen-bond acceptors (Lipinski definition) is 2. The third-order valence-electron chi connectivity index (χ3n) is 4.37. The molecule has 0 aliphatic heterocycles. The van der Waals surface area contributed by atoms with Crippen LogP contribution in [0.5, 0.6) is 0 Å². The topological polar surface area (TPSA) is 46.2 Å². The summed E-state index contributed by atoms with van der Waals surface area (Å²) in [6.45, 7) is 6.30. The molecule has 3 nitrogen and oxygen atoms in total. The van der Waals surface area contributed by atoms with E-state index in [0.29, 0.717) is 17.6 Å². The summed E-state index contributed by atoms with van der Waals surface area (Å²) in [6, 6.07) is 0.183. The van der Waals surface area contributed by atoms with Gasteiger partial charge < -0.3 is 0 Å². The molecule has 108 valence electrons. The number of sulfonamides is 1. The van der Waals surface area contributed by atoms with Gasteiger partial charge in [-0.15, -0.1) is 0 Å². The predicted octanol–water partition coefficient (Wildman–Crippen LogP) is 3.31. The van der Waals surface area contributed by atoms with Crippen molar-refractivity contribution in [2.75, 3.05) is 5.75 Å². The van der Waals surface area contributed by atoms with Crippen LogP contribution >= 0.6 is 0 Å². The van der Waals surface area contributed by atoms with Crippen molar-refractivity contribution in [1.29, 1.82) is 0 Å². The van der Waals surface area contributed by atoms with Gasteiger partial charge in [-0.3, -0.25) is 0 Å². The lowest BCUT2D eigenvalue weighted by Crippen LogP contribution is -2.43. The van der Waals surface area contributed by atoms with Crippen LogP contribution in [-0.2, 0) is 10.0 Å². The summed E-state index contributed by atoms with van der Waals surface area (Å²) in [6.07, 6.45) is 7.57. The highest BCUT2D eigenvalue weighted by molar-refractivity contribution is 7.89. The summed E-state index contributed by atoms with van der Waals surface area (Å²) in [5.41, 5.74) is 0. The summed E-state index contributed by atoms with van der Waals surface area (Å²) >= 11 is 0. The van der Waals surface area contributed by atoms with Crippen molar-refractivity contribution < 1.29 is 8.42 Å². The van der Waals surface area contributed by atoms with E-state index in [4.69, 9.17) is 0 Å². The molecule has 4 heteroatoms. The third kappa shape index (κ3) is 4.88. The highest BCUT2D eigenvalue weighted by Gasteiger charge is 2.28. The van der Waals surface area contributed by atoms with Gasteiger partial charge in [-0.25, -0.2) is 13.1 Å². The molecule has 1 aliphatic rings. The van der Waals surface area contributed by atoms with Gasteiger partial charge in [0.15, 0.2) is 0 Å². The van der Waals surface area contributed by atoms with Crippen molar-refractivity contribution in [2.24, 2.45) is 11.8 Å². The monoisotopic (exact) mass is 275 g/mol. The predicted molar refractivity (Wildman–Crippen MR) is 77.0 cm³/mol. The highest BCUT2D eigenvalue weighted by Crippen LogP contribution is 2.27. The molecule has 0 saturated heterocycles. The largest absolute Gasteiger partial charge is 0.212 e. The Morgan fingerprint density at radius 1 is 1.11 bits per heavy atom. The Hall–Kier alpha value is -0.0900. The van der Waals surface area contributed by atoms with Crippen LogP contribution in [-0.4, -0.2) is 20.2 Å². The molecule has 0 spiro atoms. The molecule has 0 aromatic heterocycles. The second-order valence-corrected chi connectivity index (χ2v) is 7.44. The van der Waals surface area contributed by atoms with Crippen molar-refractivity contribution in [3.05, 3.63) is 0 Å². The van der Waals surface area contributed by atoms with Crippen molar-refractivity contribution >= 4 is 10.0 Å². The van der Waals surface area contributed by atoms with Crippen molar-refractivity contribution in [3.63, 3.8) is 0 Å². The summed E-state index contributed by atoms with van der Waals surface area (Å²) in [4.78, 5) is 0. The molecule has 18 heavy (non-hydrogen) atoms. The fourth-order valence-electron chi connectivity index (χ4n) is 2.96. The van der Waals surface area contributed by atoms with Gasteiger partial charge in [0.05, 0.1) is 5.75 Å². The average Bonchev–Trinajstić information content (AvgIpc) is 2.36. The van der Waals surface area contributed by atoms with Crippen LogP contribution in [0.3, 0.4) is 0 Å². The third-order valence-corrected chi connectivity index (χ3v) is 5.95. The quantitative estimate of drug-likeness (QED) is 0.775. The molecular formula is C14H29NO2S. The zero-order valence-corrected chi connectivity index (χ0v) is 12.9. The molecule has 0 amide bonds. The summed E-state index contributed by atoms with van der Waals surface area (Å²) in [5.74, 6) is 1.13. The van der Waals surface area contributed by atoms with E-state index >= 15 is 0 Å². The fraction of sp³-hybridized carbons (Fsp3) is 1.00. The molecule has 0 aromatic carbocycles. The maximum Gasteiger partial charge on any atom is 0.212 e. The second-order valence-electron chi connectivity index (χ2n) is 5.64. The molecule has 1 rings (SSSR count). The van der Waals surface area contributed by atoms with E-state index in [9.17, 15) is 8.42 Å². The zero-order chi connectivity index (χ0) is 13.6. The van der Waals surface area contributed by atoms with Gasteiger partial charge in [0.25, 0.3) is 0 Å². The standard InChI is InChI=1S/C14H29NO2S/c1-4-12(5-2)11-18(16,17)15-14-10-8-7-9-13(14)6-3/h12-15H,4-11H2,1-3H3. The first-order valence-corrected chi connectivity index (χ1v) is 9.17. The summed E-state index contributed by atoms with van der Waals surface area (Å²) < 4.78 is 27.3. The van der Waals surface area contributed by atoms with Crippen LogP contribution in [0.4, 0.5) is 0 Å². The SMILES string of the molecule is CCC(CC)CS(=O)(=O)NC1CCCCC1CC. The molecule has 1 aliphatic carbocycles. The molecule has 1 saturated carbocycles. The van der Waals surface area contributed by atoms with E-state index in [1.807, 2.05) is 0 Å². The van der Waals surface area contributed by atoms with E-state index < -0.39 is 10.0 Å². The van der Waals surface area contributed by atoms with E-state index in [1.54, 1.807) is 0 Å². The van der Waals surface area contributed by atoms with Gasteiger partial charge in [0.1, 0.15) is 0 Å². The highest BCUT2D eigenvalue weighted by atomic mass is 32.2. The molecule has 0 heterocycles. The lowest BCUT2D eigenvalue weighted by atomic mass is 9.83. The molecule has 1 N–H and O–H groups in total. The Morgan fingerprint density at radius 3 is 2.28 bits per heavy atom. The Kier molecular flexibility index (Phi) is 6.64. The van der Waals surface area contributed by atoms with Crippen LogP contribution in [0.2, 0.25) is 0 Å².